The Balaban J connectivity index is 2.18. The average Bonchev–Trinajstić information content (AvgIpc) is 2.51. The van der Waals surface area contributed by atoms with Crippen LogP contribution in [0.3, 0.4) is 0 Å². The van der Waals surface area contributed by atoms with E-state index in [1.807, 2.05) is 0 Å². The molecule has 0 aliphatic carbocycles. The molecule has 0 atom stereocenters. The molecule has 0 aromatic heterocycles. The number of halogens is 5. The molecule has 10 heteroatoms. The average molecular weight is 370 g/mol. The summed E-state index contributed by atoms with van der Waals surface area (Å²) in [6.07, 6.45) is 0. The Bertz CT molecular complexity index is 636. The summed E-state index contributed by atoms with van der Waals surface area (Å²) in [5, 5.41) is 1.40. The van der Waals surface area contributed by atoms with Crippen LogP contribution < -0.4 is 10.2 Å². The molecule has 0 radical (unpaired) electrons. The van der Waals surface area contributed by atoms with E-state index in [0.717, 1.165) is 0 Å². The van der Waals surface area contributed by atoms with Gasteiger partial charge in [0, 0.05) is 33.1 Å². The fourth-order valence-corrected chi connectivity index (χ4v) is 2.73. The van der Waals surface area contributed by atoms with Gasteiger partial charge in [0.05, 0.1) is 0 Å². The van der Waals surface area contributed by atoms with E-state index < -0.39 is 34.0 Å². The minimum atomic E-state index is -1.63. The highest BCUT2D eigenvalue weighted by molar-refractivity contribution is 7.80. The van der Waals surface area contributed by atoms with Gasteiger partial charge in [-0.25, -0.2) is 17.6 Å². The Morgan fingerprint density at radius 2 is 1.52 bits per heavy atom. The Hall–Kier alpha value is -1.61. The van der Waals surface area contributed by atoms with Crippen LogP contribution in [0, 0.1) is 23.3 Å². The summed E-state index contributed by atoms with van der Waals surface area (Å²) in [6.45, 7) is 1.88. The van der Waals surface area contributed by atoms with Crippen molar-refractivity contribution in [3.8, 4) is 0 Å². The molecule has 1 aliphatic rings. The fourth-order valence-electron chi connectivity index (χ4n) is 2.23. The third kappa shape index (κ3) is 3.50. The molecule has 2 rings (SSSR count). The van der Waals surface area contributed by atoms with Crippen LogP contribution in [0.4, 0.5) is 23.2 Å². The van der Waals surface area contributed by atoms with Gasteiger partial charge >= 0.3 is 0 Å². The minimum Gasteiger partial charge on any atom is -0.363 e. The summed E-state index contributed by atoms with van der Waals surface area (Å²) in [6, 6.07) is 0. The summed E-state index contributed by atoms with van der Waals surface area (Å²) >= 11 is 10.2. The van der Waals surface area contributed by atoms with Gasteiger partial charge in [0.25, 0.3) is 0 Å². The standard InChI is InChI=1S/C13H12ClF4N3OS/c1-6(22)19-13(23)21-4-2-20(3-5-21)12-10(17)8(15)7(14)9(16)11(12)18/h2-5H2,1H3,(H,19,22,23). The molecule has 0 bridgehead atoms. The van der Waals surface area contributed by atoms with Crippen LogP contribution in [0.2, 0.25) is 5.02 Å². The summed E-state index contributed by atoms with van der Waals surface area (Å²) in [5.41, 5.74) is -0.797. The molecular weight excluding hydrogens is 358 g/mol. The number of amides is 1. The van der Waals surface area contributed by atoms with Crippen molar-refractivity contribution in [3.05, 3.63) is 28.3 Å². The second-order valence-corrected chi connectivity index (χ2v) is 5.64. The quantitative estimate of drug-likeness (QED) is 0.357. The number of piperazine rings is 1. The zero-order chi connectivity index (χ0) is 17.3. The van der Waals surface area contributed by atoms with Crippen LogP contribution in [-0.2, 0) is 4.79 Å². The summed E-state index contributed by atoms with van der Waals surface area (Å²) in [4.78, 5) is 13.7. The zero-order valence-corrected chi connectivity index (χ0v) is 13.5. The second-order valence-electron chi connectivity index (χ2n) is 4.88. The smallest absolute Gasteiger partial charge is 0.222 e. The van der Waals surface area contributed by atoms with Crippen LogP contribution in [0.5, 0.6) is 0 Å². The number of benzene rings is 1. The highest BCUT2D eigenvalue weighted by Crippen LogP contribution is 2.33. The SMILES string of the molecule is CC(=O)NC(=S)N1CCN(c2c(F)c(F)c(Cl)c(F)c2F)CC1. The second kappa shape index (κ2) is 6.88. The van der Waals surface area contributed by atoms with Gasteiger partial charge in [0.2, 0.25) is 5.91 Å². The predicted molar refractivity (Wildman–Crippen MR) is 81.5 cm³/mol. The molecule has 1 heterocycles. The van der Waals surface area contributed by atoms with Crippen molar-refractivity contribution < 1.29 is 22.4 Å². The molecule has 0 spiro atoms. The van der Waals surface area contributed by atoms with E-state index in [-0.39, 0.29) is 37.2 Å². The third-order valence-corrected chi connectivity index (χ3v) is 4.04. The monoisotopic (exact) mass is 369 g/mol. The number of carbonyl (C=O) groups excluding carboxylic acids is 1. The van der Waals surface area contributed by atoms with Gasteiger partial charge in [-0.3, -0.25) is 4.79 Å². The van der Waals surface area contributed by atoms with Gasteiger partial charge in [-0.05, 0) is 12.2 Å². The molecule has 1 saturated heterocycles. The van der Waals surface area contributed by atoms with Crippen molar-refractivity contribution in [2.45, 2.75) is 6.92 Å². The normalized spacial score (nSPS) is 14.9. The molecule has 23 heavy (non-hydrogen) atoms. The van der Waals surface area contributed by atoms with Gasteiger partial charge in [0.15, 0.2) is 28.4 Å². The largest absolute Gasteiger partial charge is 0.363 e. The maximum Gasteiger partial charge on any atom is 0.222 e. The van der Waals surface area contributed by atoms with Gasteiger partial charge in [0.1, 0.15) is 10.7 Å². The lowest BCUT2D eigenvalue weighted by Crippen LogP contribution is -2.52. The van der Waals surface area contributed by atoms with Crippen molar-refractivity contribution in [3.63, 3.8) is 0 Å². The van der Waals surface area contributed by atoms with Crippen LogP contribution in [0.15, 0.2) is 0 Å². The maximum atomic E-state index is 13.9. The Kier molecular flexibility index (Phi) is 5.30. The molecule has 4 nitrogen and oxygen atoms in total. The first-order valence-electron chi connectivity index (χ1n) is 6.57. The van der Waals surface area contributed by atoms with Crippen molar-refractivity contribution in [2.75, 3.05) is 31.1 Å². The van der Waals surface area contributed by atoms with Gasteiger partial charge in [-0.2, -0.15) is 0 Å². The van der Waals surface area contributed by atoms with E-state index in [0.29, 0.717) is 0 Å². The molecule has 1 aliphatic heterocycles. The molecule has 126 valence electrons. The third-order valence-electron chi connectivity index (χ3n) is 3.35. The van der Waals surface area contributed by atoms with E-state index in [2.05, 4.69) is 5.32 Å². The van der Waals surface area contributed by atoms with Crippen molar-refractivity contribution in [1.82, 2.24) is 10.2 Å². The lowest BCUT2D eigenvalue weighted by Gasteiger charge is -2.37. The van der Waals surface area contributed by atoms with Crippen LogP contribution in [0.25, 0.3) is 0 Å². The Labute approximate surface area is 140 Å². The molecular formula is C13H12ClF4N3OS. The number of hydrogen-bond donors (Lipinski definition) is 1. The zero-order valence-electron chi connectivity index (χ0n) is 11.9. The summed E-state index contributed by atoms with van der Waals surface area (Å²) in [7, 11) is 0. The molecule has 0 unspecified atom stereocenters. The predicted octanol–water partition coefficient (Wildman–Crippen LogP) is 2.44. The summed E-state index contributed by atoms with van der Waals surface area (Å²) < 4.78 is 54.9. The van der Waals surface area contributed by atoms with E-state index in [9.17, 15) is 22.4 Å². The molecule has 0 saturated carbocycles. The number of hydrogen-bond acceptors (Lipinski definition) is 3. The van der Waals surface area contributed by atoms with E-state index >= 15 is 0 Å². The van der Waals surface area contributed by atoms with E-state index in [1.54, 1.807) is 4.90 Å². The lowest BCUT2D eigenvalue weighted by molar-refractivity contribution is -0.117. The van der Waals surface area contributed by atoms with Crippen molar-refractivity contribution in [2.24, 2.45) is 0 Å². The van der Waals surface area contributed by atoms with E-state index in [1.165, 1.54) is 11.8 Å². The van der Waals surface area contributed by atoms with Gasteiger partial charge in [-0.15, -0.1) is 0 Å². The number of nitrogens with zero attached hydrogens (tertiary/aromatic N) is 2. The first-order valence-corrected chi connectivity index (χ1v) is 7.35. The van der Waals surface area contributed by atoms with Gasteiger partial charge in [-0.1, -0.05) is 11.6 Å². The molecule has 1 fully saturated rings. The number of carbonyl (C=O) groups is 1. The van der Waals surface area contributed by atoms with E-state index in [4.69, 9.17) is 23.8 Å². The number of thiocarbonyl (C=S) groups is 1. The first kappa shape index (κ1) is 17.7. The molecule has 1 aromatic rings. The fraction of sp³-hybridized carbons (Fsp3) is 0.385. The molecule has 1 amide bonds. The number of nitrogens with one attached hydrogen (secondary N) is 1. The number of rotatable bonds is 1. The molecule has 1 N–H and O–H groups in total. The number of anilines is 1. The Morgan fingerprint density at radius 3 is 1.96 bits per heavy atom. The Morgan fingerprint density at radius 1 is 1.04 bits per heavy atom. The maximum absolute atomic E-state index is 13.9. The van der Waals surface area contributed by atoms with Crippen LogP contribution >= 0.6 is 23.8 Å². The lowest BCUT2D eigenvalue weighted by atomic mass is 10.2. The summed E-state index contributed by atoms with van der Waals surface area (Å²) in [5.74, 6) is -6.66. The van der Waals surface area contributed by atoms with Crippen molar-refractivity contribution >= 4 is 40.5 Å². The first-order chi connectivity index (χ1) is 10.7. The molecule has 1 aromatic carbocycles. The van der Waals surface area contributed by atoms with Crippen LogP contribution in [0.1, 0.15) is 6.92 Å². The highest BCUT2D eigenvalue weighted by Gasteiger charge is 2.30. The minimum absolute atomic E-state index is 0.0636. The van der Waals surface area contributed by atoms with Crippen LogP contribution in [-0.4, -0.2) is 42.1 Å². The topological polar surface area (TPSA) is 35.6 Å². The highest BCUT2D eigenvalue weighted by atomic mass is 35.5. The van der Waals surface area contributed by atoms with Gasteiger partial charge < -0.3 is 15.1 Å². The van der Waals surface area contributed by atoms with Crippen molar-refractivity contribution in [1.29, 1.82) is 0 Å².